The largest absolute Gasteiger partial charge is 0.497 e. The Labute approximate surface area is 149 Å². The summed E-state index contributed by atoms with van der Waals surface area (Å²) in [6.07, 6.45) is 2.40. The van der Waals surface area contributed by atoms with Crippen LogP contribution in [0.2, 0.25) is 0 Å². The summed E-state index contributed by atoms with van der Waals surface area (Å²) in [7, 11) is 1.59. The number of amides is 2. The summed E-state index contributed by atoms with van der Waals surface area (Å²) in [6.45, 7) is 1.43. The van der Waals surface area contributed by atoms with Crippen LogP contribution in [0.3, 0.4) is 0 Å². The Morgan fingerprint density at radius 3 is 2.60 bits per heavy atom. The summed E-state index contributed by atoms with van der Waals surface area (Å²) in [5.74, 6) is 0.819. The molecule has 25 heavy (non-hydrogen) atoms. The summed E-state index contributed by atoms with van der Waals surface area (Å²) in [5, 5.41) is 15.2. The molecule has 1 fully saturated rings. The topological polar surface area (TPSA) is 93.2 Å². The molecule has 0 saturated heterocycles. The first-order valence-corrected chi connectivity index (χ1v) is 8.91. The van der Waals surface area contributed by atoms with Crippen molar-refractivity contribution in [3.8, 4) is 5.75 Å². The lowest BCUT2D eigenvalue weighted by atomic mass is 10.0. The lowest BCUT2D eigenvalue weighted by Gasteiger charge is -2.18. The molecular formula is C17H20N4O3S. The molecule has 1 saturated carbocycles. The Morgan fingerprint density at radius 2 is 2.00 bits per heavy atom. The Bertz CT molecular complexity index is 756. The van der Waals surface area contributed by atoms with Crippen molar-refractivity contribution in [2.45, 2.75) is 38.1 Å². The molecule has 1 aliphatic carbocycles. The van der Waals surface area contributed by atoms with Gasteiger partial charge in [-0.3, -0.25) is 9.59 Å². The molecule has 7 nitrogen and oxygen atoms in total. The van der Waals surface area contributed by atoms with Crippen molar-refractivity contribution in [2.75, 3.05) is 12.4 Å². The molecule has 1 atom stereocenters. The van der Waals surface area contributed by atoms with Gasteiger partial charge < -0.3 is 15.4 Å². The Morgan fingerprint density at radius 1 is 1.28 bits per heavy atom. The summed E-state index contributed by atoms with van der Waals surface area (Å²) in [5.41, 5.74) is 0.835. The van der Waals surface area contributed by atoms with Gasteiger partial charge in [-0.2, -0.15) is 0 Å². The van der Waals surface area contributed by atoms with E-state index < -0.39 is 6.04 Å². The third-order valence-electron chi connectivity index (χ3n) is 3.90. The van der Waals surface area contributed by atoms with Gasteiger partial charge in [0.1, 0.15) is 10.8 Å². The molecule has 2 amide bonds. The predicted octanol–water partition coefficient (Wildman–Crippen LogP) is 2.63. The number of aromatic nitrogens is 2. The molecule has 1 unspecified atom stereocenters. The van der Waals surface area contributed by atoms with Crippen LogP contribution in [0.1, 0.15) is 48.7 Å². The maximum absolute atomic E-state index is 12.3. The monoisotopic (exact) mass is 360 g/mol. The second-order valence-electron chi connectivity index (χ2n) is 6.00. The standard InChI is InChI=1S/C17H20N4O3S/c1-10(22)18-14(11-5-7-13(24-2)8-6-11)9-15(23)19-17-21-20-16(25-17)12-3-4-12/h5-8,12,14H,3-4,9H2,1-2H3,(H,18,22)(H,19,21,23). The van der Waals surface area contributed by atoms with Crippen LogP contribution in [0.5, 0.6) is 5.75 Å². The van der Waals surface area contributed by atoms with E-state index in [2.05, 4.69) is 20.8 Å². The normalized spacial score (nSPS) is 14.6. The third kappa shape index (κ3) is 4.76. The van der Waals surface area contributed by atoms with Gasteiger partial charge in [0, 0.05) is 12.8 Å². The number of benzene rings is 1. The Balaban J connectivity index is 1.65. The van der Waals surface area contributed by atoms with Gasteiger partial charge >= 0.3 is 0 Å². The van der Waals surface area contributed by atoms with E-state index in [1.54, 1.807) is 19.2 Å². The first-order chi connectivity index (χ1) is 12.0. The molecule has 2 N–H and O–H groups in total. The van der Waals surface area contributed by atoms with Gasteiger partial charge in [0.05, 0.1) is 19.6 Å². The summed E-state index contributed by atoms with van der Waals surface area (Å²) in [6, 6.07) is 6.86. The van der Waals surface area contributed by atoms with Crippen molar-refractivity contribution in [1.82, 2.24) is 15.5 Å². The molecule has 0 spiro atoms. The molecule has 2 aromatic rings. The fourth-order valence-corrected chi connectivity index (χ4v) is 3.40. The highest BCUT2D eigenvalue weighted by molar-refractivity contribution is 7.15. The van der Waals surface area contributed by atoms with Crippen molar-refractivity contribution in [2.24, 2.45) is 0 Å². The fourth-order valence-electron chi connectivity index (χ4n) is 2.47. The number of carbonyl (C=O) groups excluding carboxylic acids is 2. The second kappa shape index (κ2) is 7.60. The summed E-state index contributed by atoms with van der Waals surface area (Å²) in [4.78, 5) is 23.8. The molecule has 1 aromatic carbocycles. The van der Waals surface area contributed by atoms with E-state index in [9.17, 15) is 9.59 Å². The highest BCUT2D eigenvalue weighted by Crippen LogP contribution is 2.42. The van der Waals surface area contributed by atoms with Gasteiger partial charge in [0.15, 0.2) is 0 Å². The maximum atomic E-state index is 12.3. The molecular weight excluding hydrogens is 340 g/mol. The molecule has 1 aliphatic rings. The van der Waals surface area contributed by atoms with Gasteiger partial charge in [-0.15, -0.1) is 10.2 Å². The number of anilines is 1. The minimum atomic E-state index is -0.417. The molecule has 3 rings (SSSR count). The van der Waals surface area contributed by atoms with Crippen LogP contribution in [0.15, 0.2) is 24.3 Å². The predicted molar refractivity (Wildman–Crippen MR) is 94.7 cm³/mol. The molecule has 132 valence electrons. The number of nitrogens with one attached hydrogen (secondary N) is 2. The zero-order chi connectivity index (χ0) is 17.8. The number of hydrogen-bond acceptors (Lipinski definition) is 6. The zero-order valence-electron chi connectivity index (χ0n) is 14.1. The number of ether oxygens (including phenoxy) is 1. The number of hydrogen-bond donors (Lipinski definition) is 2. The number of nitrogens with zero attached hydrogens (tertiary/aromatic N) is 2. The van der Waals surface area contributed by atoms with E-state index in [1.807, 2.05) is 12.1 Å². The van der Waals surface area contributed by atoms with Crippen LogP contribution in [0.25, 0.3) is 0 Å². The smallest absolute Gasteiger partial charge is 0.228 e. The highest BCUT2D eigenvalue weighted by Gasteiger charge is 2.28. The van der Waals surface area contributed by atoms with Crippen LogP contribution < -0.4 is 15.4 Å². The van der Waals surface area contributed by atoms with E-state index >= 15 is 0 Å². The van der Waals surface area contributed by atoms with Crippen LogP contribution in [-0.2, 0) is 9.59 Å². The van der Waals surface area contributed by atoms with Crippen molar-refractivity contribution in [1.29, 1.82) is 0 Å². The van der Waals surface area contributed by atoms with Gasteiger partial charge in [-0.05, 0) is 30.5 Å². The van der Waals surface area contributed by atoms with Crippen LogP contribution in [0, 0.1) is 0 Å². The van der Waals surface area contributed by atoms with Crippen LogP contribution in [-0.4, -0.2) is 29.1 Å². The molecule has 8 heteroatoms. The van der Waals surface area contributed by atoms with Crippen LogP contribution in [0.4, 0.5) is 5.13 Å². The van der Waals surface area contributed by atoms with E-state index in [1.165, 1.54) is 18.3 Å². The van der Waals surface area contributed by atoms with Gasteiger partial charge in [0.25, 0.3) is 0 Å². The van der Waals surface area contributed by atoms with Crippen molar-refractivity contribution in [3.63, 3.8) is 0 Å². The molecule has 1 heterocycles. The van der Waals surface area contributed by atoms with Gasteiger partial charge in [0.2, 0.25) is 16.9 Å². The minimum Gasteiger partial charge on any atom is -0.497 e. The van der Waals surface area contributed by atoms with Crippen molar-refractivity contribution >= 4 is 28.3 Å². The van der Waals surface area contributed by atoms with Gasteiger partial charge in [-0.25, -0.2) is 0 Å². The zero-order valence-corrected chi connectivity index (χ0v) is 14.9. The lowest BCUT2D eigenvalue weighted by molar-refractivity contribution is -0.120. The number of methoxy groups -OCH3 is 1. The average Bonchev–Trinajstić information content (AvgIpc) is 3.34. The average molecular weight is 360 g/mol. The molecule has 0 bridgehead atoms. The lowest BCUT2D eigenvalue weighted by Crippen LogP contribution is -2.29. The Hall–Kier alpha value is -2.48. The SMILES string of the molecule is COc1ccc(C(CC(=O)Nc2nnc(C3CC3)s2)NC(C)=O)cc1. The first-order valence-electron chi connectivity index (χ1n) is 8.09. The van der Waals surface area contributed by atoms with Gasteiger partial charge in [-0.1, -0.05) is 23.5 Å². The van der Waals surface area contributed by atoms with E-state index in [-0.39, 0.29) is 18.2 Å². The molecule has 0 radical (unpaired) electrons. The maximum Gasteiger partial charge on any atom is 0.228 e. The second-order valence-corrected chi connectivity index (χ2v) is 7.01. The van der Waals surface area contributed by atoms with E-state index in [4.69, 9.17) is 4.74 Å². The first kappa shape index (κ1) is 17.3. The molecule has 0 aliphatic heterocycles. The summed E-state index contributed by atoms with van der Waals surface area (Å²) >= 11 is 1.42. The van der Waals surface area contributed by atoms with E-state index in [0.717, 1.165) is 29.2 Å². The fraction of sp³-hybridized carbons (Fsp3) is 0.412. The summed E-state index contributed by atoms with van der Waals surface area (Å²) < 4.78 is 5.14. The van der Waals surface area contributed by atoms with Crippen molar-refractivity contribution in [3.05, 3.63) is 34.8 Å². The quantitative estimate of drug-likeness (QED) is 0.792. The highest BCUT2D eigenvalue weighted by atomic mass is 32.1. The van der Waals surface area contributed by atoms with Crippen molar-refractivity contribution < 1.29 is 14.3 Å². The Kier molecular flexibility index (Phi) is 5.28. The minimum absolute atomic E-state index is 0.115. The van der Waals surface area contributed by atoms with Crippen LogP contribution >= 0.6 is 11.3 Å². The number of rotatable bonds is 7. The third-order valence-corrected chi connectivity index (χ3v) is 4.90. The van der Waals surface area contributed by atoms with E-state index in [0.29, 0.717) is 11.0 Å². The number of carbonyl (C=O) groups is 2. The molecule has 1 aromatic heterocycles.